The van der Waals surface area contributed by atoms with Crippen molar-refractivity contribution in [3.05, 3.63) is 35.9 Å². The molecule has 30 heavy (non-hydrogen) atoms. The molecule has 2 aliphatic rings. The van der Waals surface area contributed by atoms with E-state index < -0.39 is 18.2 Å². The molecule has 0 radical (unpaired) electrons. The maximum Gasteiger partial charge on any atom is 0.410 e. The highest BCUT2D eigenvalue weighted by atomic mass is 16.6. The molecule has 0 aliphatic carbocycles. The number of rotatable bonds is 6. The Kier molecular flexibility index (Phi) is 7.72. The first-order valence-corrected chi connectivity index (χ1v) is 11.0. The zero-order valence-electron chi connectivity index (χ0n) is 18.3. The average Bonchev–Trinajstić information content (AvgIpc) is 3.08. The molecular weight excluding hydrogens is 382 g/mol. The van der Waals surface area contributed by atoms with Crippen LogP contribution in [0.1, 0.15) is 39.2 Å². The molecule has 0 bridgehead atoms. The number of likely N-dealkylation sites (tertiary alicyclic amines) is 2. The molecule has 0 unspecified atom stereocenters. The molecule has 2 amide bonds. The maximum absolute atomic E-state index is 12.9. The van der Waals surface area contributed by atoms with Crippen LogP contribution in [0.5, 0.6) is 0 Å². The highest BCUT2D eigenvalue weighted by molar-refractivity contribution is 5.86. The molecule has 166 valence electrons. The highest BCUT2D eigenvalue weighted by Crippen LogP contribution is 2.22. The lowest BCUT2D eigenvalue weighted by atomic mass is 9.92. The first kappa shape index (κ1) is 22.6. The van der Waals surface area contributed by atoms with Crippen molar-refractivity contribution in [1.29, 1.82) is 0 Å². The summed E-state index contributed by atoms with van der Waals surface area (Å²) in [5.74, 6) is 1.10. The third-order valence-electron chi connectivity index (χ3n) is 5.89. The third-order valence-corrected chi connectivity index (χ3v) is 5.89. The zero-order chi connectivity index (χ0) is 21.7. The van der Waals surface area contributed by atoms with Gasteiger partial charge in [0.1, 0.15) is 12.6 Å². The molecule has 0 saturated carbocycles. The number of aliphatic hydroxyl groups is 1. The summed E-state index contributed by atoms with van der Waals surface area (Å²) in [5, 5.41) is 13.1. The van der Waals surface area contributed by atoms with E-state index in [0.29, 0.717) is 11.8 Å². The van der Waals surface area contributed by atoms with E-state index in [2.05, 4.69) is 24.1 Å². The van der Waals surface area contributed by atoms with Gasteiger partial charge in [0.2, 0.25) is 5.91 Å². The molecule has 2 N–H and O–H groups in total. The summed E-state index contributed by atoms with van der Waals surface area (Å²) in [6, 6.07) is 8.67. The summed E-state index contributed by atoms with van der Waals surface area (Å²) in [5.41, 5.74) is 0.880. The molecule has 7 heteroatoms. The van der Waals surface area contributed by atoms with Crippen molar-refractivity contribution in [2.24, 2.45) is 11.8 Å². The zero-order valence-corrected chi connectivity index (χ0v) is 18.3. The fourth-order valence-corrected chi connectivity index (χ4v) is 4.78. The minimum absolute atomic E-state index is 0.0325. The van der Waals surface area contributed by atoms with E-state index in [1.807, 2.05) is 37.3 Å². The fourth-order valence-electron chi connectivity index (χ4n) is 4.78. The van der Waals surface area contributed by atoms with Gasteiger partial charge in [0.15, 0.2) is 0 Å². The molecule has 2 aliphatic heterocycles. The van der Waals surface area contributed by atoms with E-state index in [-0.39, 0.29) is 31.5 Å². The van der Waals surface area contributed by atoms with Gasteiger partial charge in [0.25, 0.3) is 0 Å². The molecule has 0 spiro atoms. The van der Waals surface area contributed by atoms with Crippen molar-refractivity contribution < 1.29 is 19.4 Å². The van der Waals surface area contributed by atoms with E-state index in [0.717, 1.165) is 25.2 Å². The standard InChI is InChI=1S/C23H35N3O4/c1-16-9-17(2)12-25(11-16)13-18(3)24-22(28)21-10-20(27)14-26(21)23(29)30-15-19-7-5-4-6-8-19/h4-8,16-18,20-21,27H,9-15H2,1-3H3,(H,24,28)/t16-,17+,18-,20-,21+/m1/s1. The summed E-state index contributed by atoms with van der Waals surface area (Å²) in [7, 11) is 0. The van der Waals surface area contributed by atoms with Crippen LogP contribution in [0, 0.1) is 11.8 Å². The van der Waals surface area contributed by atoms with Gasteiger partial charge in [-0.15, -0.1) is 0 Å². The number of hydrogen-bond acceptors (Lipinski definition) is 5. The van der Waals surface area contributed by atoms with Crippen LogP contribution in [0.15, 0.2) is 30.3 Å². The third kappa shape index (κ3) is 6.19. The molecule has 2 saturated heterocycles. The number of hydrogen-bond donors (Lipinski definition) is 2. The van der Waals surface area contributed by atoms with E-state index in [4.69, 9.17) is 4.74 Å². The second-order valence-electron chi connectivity index (χ2n) is 9.17. The number of ether oxygens (including phenoxy) is 1. The van der Waals surface area contributed by atoms with Crippen LogP contribution in [-0.4, -0.2) is 71.3 Å². The number of amides is 2. The number of benzene rings is 1. The fraction of sp³-hybridized carbons (Fsp3) is 0.652. The predicted octanol–water partition coefficient (Wildman–Crippen LogP) is 2.24. The molecule has 3 rings (SSSR count). The normalized spacial score (nSPS) is 28.2. The van der Waals surface area contributed by atoms with Gasteiger partial charge in [-0.05, 0) is 30.7 Å². The van der Waals surface area contributed by atoms with Crippen LogP contribution in [0.25, 0.3) is 0 Å². The van der Waals surface area contributed by atoms with Crippen molar-refractivity contribution >= 4 is 12.0 Å². The second kappa shape index (κ2) is 10.3. The van der Waals surface area contributed by atoms with E-state index >= 15 is 0 Å². The van der Waals surface area contributed by atoms with Crippen LogP contribution >= 0.6 is 0 Å². The monoisotopic (exact) mass is 417 g/mol. The Morgan fingerprint density at radius 3 is 2.47 bits per heavy atom. The van der Waals surface area contributed by atoms with Crippen molar-refractivity contribution in [2.45, 2.75) is 58.4 Å². The molecule has 5 atom stereocenters. The predicted molar refractivity (Wildman–Crippen MR) is 115 cm³/mol. The number of aliphatic hydroxyl groups excluding tert-OH is 1. The number of carbonyl (C=O) groups is 2. The summed E-state index contributed by atoms with van der Waals surface area (Å²) < 4.78 is 5.38. The Balaban J connectivity index is 1.52. The smallest absolute Gasteiger partial charge is 0.410 e. The van der Waals surface area contributed by atoms with Crippen LogP contribution in [0.4, 0.5) is 4.79 Å². The second-order valence-corrected chi connectivity index (χ2v) is 9.17. The van der Waals surface area contributed by atoms with Crippen LogP contribution < -0.4 is 5.32 Å². The molecule has 2 fully saturated rings. The van der Waals surface area contributed by atoms with Gasteiger partial charge in [-0.2, -0.15) is 0 Å². The highest BCUT2D eigenvalue weighted by Gasteiger charge is 2.40. The van der Waals surface area contributed by atoms with Gasteiger partial charge in [0.05, 0.1) is 12.6 Å². The number of carbonyl (C=O) groups excluding carboxylic acids is 2. The SMILES string of the molecule is C[C@@H]1C[C@H](C)CN(C[C@@H](C)NC(=O)[C@@H]2C[C@@H](O)CN2C(=O)OCc2ccccc2)C1. The van der Waals surface area contributed by atoms with E-state index in [1.54, 1.807) is 0 Å². The van der Waals surface area contributed by atoms with E-state index in [1.165, 1.54) is 11.3 Å². The van der Waals surface area contributed by atoms with Gasteiger partial charge in [0, 0.05) is 32.1 Å². The Bertz CT molecular complexity index is 704. The molecule has 0 aromatic heterocycles. The largest absolute Gasteiger partial charge is 0.445 e. The quantitative estimate of drug-likeness (QED) is 0.742. The number of piperidine rings is 1. The van der Waals surface area contributed by atoms with Gasteiger partial charge >= 0.3 is 6.09 Å². The summed E-state index contributed by atoms with van der Waals surface area (Å²) >= 11 is 0. The Labute approximate surface area is 179 Å². The number of nitrogens with zero attached hydrogens (tertiary/aromatic N) is 2. The Hall–Kier alpha value is -2.12. The minimum atomic E-state index is -0.718. The number of β-amino-alcohol motifs (C(OH)–C–C–N with tert-alkyl or cyclic N) is 1. The first-order valence-electron chi connectivity index (χ1n) is 11.0. The first-order chi connectivity index (χ1) is 14.3. The lowest BCUT2D eigenvalue weighted by Crippen LogP contribution is -2.52. The molecule has 1 aromatic carbocycles. The van der Waals surface area contributed by atoms with E-state index in [9.17, 15) is 14.7 Å². The Morgan fingerprint density at radius 1 is 1.13 bits per heavy atom. The summed E-state index contributed by atoms with van der Waals surface area (Å²) in [6.07, 6.45) is 0.194. The lowest BCUT2D eigenvalue weighted by molar-refractivity contribution is -0.126. The average molecular weight is 418 g/mol. The van der Waals surface area contributed by atoms with Gasteiger partial charge in [-0.1, -0.05) is 44.2 Å². The topological polar surface area (TPSA) is 82.1 Å². The maximum atomic E-state index is 12.9. The minimum Gasteiger partial charge on any atom is -0.445 e. The molecule has 7 nitrogen and oxygen atoms in total. The van der Waals surface area contributed by atoms with Crippen LogP contribution in [0.3, 0.4) is 0 Å². The molecule has 2 heterocycles. The summed E-state index contributed by atoms with van der Waals surface area (Å²) in [6.45, 7) is 9.66. The molecular formula is C23H35N3O4. The van der Waals surface area contributed by atoms with Crippen molar-refractivity contribution in [1.82, 2.24) is 15.1 Å². The summed E-state index contributed by atoms with van der Waals surface area (Å²) in [4.78, 5) is 29.2. The Morgan fingerprint density at radius 2 is 1.80 bits per heavy atom. The van der Waals surface area contributed by atoms with Crippen molar-refractivity contribution in [3.8, 4) is 0 Å². The van der Waals surface area contributed by atoms with Crippen molar-refractivity contribution in [3.63, 3.8) is 0 Å². The van der Waals surface area contributed by atoms with Gasteiger partial charge in [-0.3, -0.25) is 9.69 Å². The van der Waals surface area contributed by atoms with Gasteiger partial charge in [-0.25, -0.2) is 4.79 Å². The van der Waals surface area contributed by atoms with Crippen LogP contribution in [-0.2, 0) is 16.1 Å². The van der Waals surface area contributed by atoms with Crippen molar-refractivity contribution in [2.75, 3.05) is 26.2 Å². The number of nitrogens with one attached hydrogen (secondary N) is 1. The van der Waals surface area contributed by atoms with Gasteiger partial charge < -0.3 is 20.1 Å². The van der Waals surface area contributed by atoms with Crippen LogP contribution in [0.2, 0.25) is 0 Å². The molecule has 1 aromatic rings. The lowest BCUT2D eigenvalue weighted by Gasteiger charge is -2.36.